The number of fused-ring (bicyclic) bond motifs is 2. The molecule has 5 heteroatoms. The number of benzene rings is 2. The van der Waals surface area contributed by atoms with Crippen molar-refractivity contribution in [2.45, 2.75) is 16.7 Å². The largest absolute Gasteiger partial charge is 0.511 e. The molecule has 2 aromatic carbocycles. The third kappa shape index (κ3) is 2.10. The topological polar surface area (TPSA) is 49.8 Å². The molecule has 0 saturated carbocycles. The summed E-state index contributed by atoms with van der Waals surface area (Å²) >= 11 is 1.54. The average molecular weight is 287 g/mol. The summed E-state index contributed by atoms with van der Waals surface area (Å²) in [4.78, 5) is 14.9. The molecule has 1 heterocycles. The lowest BCUT2D eigenvalue weighted by molar-refractivity contribution is 0.143. The van der Waals surface area contributed by atoms with Crippen molar-refractivity contribution in [3.8, 4) is 5.75 Å². The van der Waals surface area contributed by atoms with Gasteiger partial charge in [-0.2, -0.15) is 0 Å². The van der Waals surface area contributed by atoms with Crippen LogP contribution in [0.3, 0.4) is 0 Å². The standard InChI is InChI=1S/C15H13NO3S/c1-2-16-10-6-3-4-9-13(10)20-14-11(16)7-5-8-12(14)19-15(17)18/h3-9H,2H2,1H3,(H,17,18). The maximum absolute atomic E-state index is 10.8. The van der Waals surface area contributed by atoms with Gasteiger partial charge in [0.2, 0.25) is 0 Å². The van der Waals surface area contributed by atoms with E-state index in [-0.39, 0.29) is 0 Å². The first-order chi connectivity index (χ1) is 9.70. The smallest absolute Gasteiger partial charge is 0.449 e. The second-order valence-electron chi connectivity index (χ2n) is 4.29. The van der Waals surface area contributed by atoms with Gasteiger partial charge in [0.15, 0.2) is 5.75 Å². The number of nitrogens with zero attached hydrogens (tertiary/aromatic N) is 1. The lowest BCUT2D eigenvalue weighted by atomic mass is 10.2. The van der Waals surface area contributed by atoms with E-state index in [2.05, 4.69) is 17.9 Å². The van der Waals surface area contributed by atoms with Crippen LogP contribution in [-0.4, -0.2) is 17.8 Å². The van der Waals surface area contributed by atoms with Crippen LogP contribution in [0.1, 0.15) is 6.92 Å². The highest BCUT2D eigenvalue weighted by molar-refractivity contribution is 7.99. The molecule has 1 aliphatic rings. The second-order valence-corrected chi connectivity index (χ2v) is 5.34. The van der Waals surface area contributed by atoms with Crippen LogP contribution in [0.2, 0.25) is 0 Å². The van der Waals surface area contributed by atoms with Crippen LogP contribution < -0.4 is 9.64 Å². The summed E-state index contributed by atoms with van der Waals surface area (Å²) in [6.07, 6.45) is -1.29. The third-order valence-electron chi connectivity index (χ3n) is 3.13. The fraction of sp³-hybridized carbons (Fsp3) is 0.133. The van der Waals surface area contributed by atoms with E-state index in [1.165, 1.54) is 0 Å². The van der Waals surface area contributed by atoms with E-state index in [1.54, 1.807) is 17.8 Å². The van der Waals surface area contributed by atoms with Gasteiger partial charge >= 0.3 is 6.16 Å². The Morgan fingerprint density at radius 1 is 1.20 bits per heavy atom. The number of carbonyl (C=O) groups is 1. The average Bonchev–Trinajstić information content (AvgIpc) is 2.45. The van der Waals surface area contributed by atoms with Crippen molar-refractivity contribution >= 4 is 29.3 Å². The van der Waals surface area contributed by atoms with E-state index in [0.717, 1.165) is 27.7 Å². The minimum Gasteiger partial charge on any atom is -0.449 e. The van der Waals surface area contributed by atoms with Gasteiger partial charge in [0.1, 0.15) is 0 Å². The van der Waals surface area contributed by atoms with Crippen LogP contribution >= 0.6 is 11.8 Å². The summed E-state index contributed by atoms with van der Waals surface area (Å²) < 4.78 is 4.89. The van der Waals surface area contributed by atoms with Gasteiger partial charge in [-0.1, -0.05) is 30.0 Å². The molecule has 0 bridgehead atoms. The van der Waals surface area contributed by atoms with Crippen LogP contribution in [0.4, 0.5) is 16.2 Å². The Kier molecular flexibility index (Phi) is 3.28. The number of hydrogen-bond acceptors (Lipinski definition) is 4. The number of carboxylic acid groups (broad SMARTS) is 1. The summed E-state index contributed by atoms with van der Waals surface area (Å²) in [5.41, 5.74) is 2.12. The number of rotatable bonds is 2. The Balaban J connectivity index is 2.14. The second kappa shape index (κ2) is 5.09. The van der Waals surface area contributed by atoms with Gasteiger partial charge in [-0.3, -0.25) is 0 Å². The quantitative estimate of drug-likeness (QED) is 0.656. The first-order valence-corrected chi connectivity index (χ1v) is 7.10. The van der Waals surface area contributed by atoms with E-state index in [0.29, 0.717) is 5.75 Å². The van der Waals surface area contributed by atoms with Gasteiger partial charge in [0.25, 0.3) is 0 Å². The normalized spacial score (nSPS) is 12.6. The molecule has 0 radical (unpaired) electrons. The summed E-state index contributed by atoms with van der Waals surface area (Å²) in [6.45, 7) is 2.88. The molecule has 0 saturated heterocycles. The highest BCUT2D eigenvalue weighted by Gasteiger charge is 2.25. The fourth-order valence-electron chi connectivity index (χ4n) is 2.34. The molecule has 0 aromatic heterocycles. The highest BCUT2D eigenvalue weighted by Crippen LogP contribution is 2.51. The lowest BCUT2D eigenvalue weighted by Crippen LogP contribution is -2.20. The number of hydrogen-bond donors (Lipinski definition) is 1. The summed E-state index contributed by atoms with van der Waals surface area (Å²) in [5, 5.41) is 8.84. The molecular weight excluding hydrogens is 274 g/mol. The van der Waals surface area contributed by atoms with E-state index < -0.39 is 6.16 Å². The van der Waals surface area contributed by atoms with Crippen molar-refractivity contribution in [1.82, 2.24) is 0 Å². The predicted molar refractivity (Wildman–Crippen MR) is 78.3 cm³/mol. The molecule has 0 amide bonds. The van der Waals surface area contributed by atoms with Crippen LogP contribution in [0.15, 0.2) is 52.3 Å². The van der Waals surface area contributed by atoms with Crippen molar-refractivity contribution in [2.75, 3.05) is 11.4 Å². The van der Waals surface area contributed by atoms with Gasteiger partial charge in [-0.05, 0) is 31.2 Å². The maximum Gasteiger partial charge on any atom is 0.511 e. The first kappa shape index (κ1) is 12.9. The number of ether oxygens (including phenoxy) is 1. The van der Waals surface area contributed by atoms with Crippen molar-refractivity contribution in [2.24, 2.45) is 0 Å². The highest BCUT2D eigenvalue weighted by atomic mass is 32.2. The van der Waals surface area contributed by atoms with Gasteiger partial charge in [0.05, 0.1) is 16.3 Å². The van der Waals surface area contributed by atoms with Crippen molar-refractivity contribution < 1.29 is 14.6 Å². The Bertz CT molecular complexity index is 672. The molecule has 0 spiro atoms. The zero-order valence-corrected chi connectivity index (χ0v) is 11.7. The van der Waals surface area contributed by atoms with Crippen LogP contribution in [0.25, 0.3) is 0 Å². The molecule has 0 unspecified atom stereocenters. The Labute approximate surface area is 121 Å². The molecule has 20 heavy (non-hydrogen) atoms. The molecule has 3 rings (SSSR count). The van der Waals surface area contributed by atoms with Crippen molar-refractivity contribution in [3.63, 3.8) is 0 Å². The molecule has 1 aliphatic heterocycles. The third-order valence-corrected chi connectivity index (χ3v) is 4.31. The Hall–Kier alpha value is -2.14. The summed E-state index contributed by atoms with van der Waals surface area (Å²) in [6, 6.07) is 13.6. The number of anilines is 2. The Morgan fingerprint density at radius 2 is 1.95 bits per heavy atom. The molecular formula is C15H13NO3S. The van der Waals surface area contributed by atoms with Gasteiger partial charge < -0.3 is 14.7 Å². The monoisotopic (exact) mass is 287 g/mol. The minimum atomic E-state index is -1.29. The predicted octanol–water partition coefficient (Wildman–Crippen LogP) is 4.37. The molecule has 0 aliphatic carbocycles. The molecule has 102 valence electrons. The number of para-hydroxylation sites is 1. The minimum absolute atomic E-state index is 0.382. The summed E-state index contributed by atoms with van der Waals surface area (Å²) in [5.74, 6) is 0.382. The van der Waals surface area contributed by atoms with E-state index in [9.17, 15) is 4.79 Å². The SMILES string of the molecule is CCN1c2ccccc2Sc2c(OC(=O)O)cccc21. The van der Waals surface area contributed by atoms with Gasteiger partial charge in [-0.25, -0.2) is 4.79 Å². The van der Waals surface area contributed by atoms with Crippen LogP contribution in [-0.2, 0) is 0 Å². The van der Waals surface area contributed by atoms with Crippen LogP contribution in [0.5, 0.6) is 5.75 Å². The molecule has 4 nitrogen and oxygen atoms in total. The first-order valence-electron chi connectivity index (χ1n) is 6.29. The van der Waals surface area contributed by atoms with Crippen molar-refractivity contribution in [3.05, 3.63) is 42.5 Å². The van der Waals surface area contributed by atoms with Gasteiger partial charge in [0, 0.05) is 11.4 Å². The molecule has 0 atom stereocenters. The molecule has 0 fully saturated rings. The van der Waals surface area contributed by atoms with E-state index >= 15 is 0 Å². The summed E-state index contributed by atoms with van der Waals surface area (Å²) in [7, 11) is 0. The lowest BCUT2D eigenvalue weighted by Gasteiger charge is -2.32. The fourth-order valence-corrected chi connectivity index (χ4v) is 3.48. The van der Waals surface area contributed by atoms with Crippen molar-refractivity contribution in [1.29, 1.82) is 0 Å². The zero-order valence-electron chi connectivity index (χ0n) is 10.9. The van der Waals surface area contributed by atoms with Gasteiger partial charge in [-0.15, -0.1) is 0 Å². The zero-order chi connectivity index (χ0) is 14.1. The van der Waals surface area contributed by atoms with E-state index in [1.807, 2.05) is 30.3 Å². The molecule has 2 aromatic rings. The van der Waals surface area contributed by atoms with Crippen LogP contribution in [0, 0.1) is 0 Å². The Morgan fingerprint density at radius 3 is 2.70 bits per heavy atom. The maximum atomic E-state index is 10.8. The van der Waals surface area contributed by atoms with E-state index in [4.69, 9.17) is 9.84 Å². The molecule has 1 N–H and O–H groups in total.